The zero-order chi connectivity index (χ0) is 23.6. The average Bonchev–Trinajstić information content (AvgIpc) is 2.77. The van der Waals surface area contributed by atoms with Crippen LogP contribution in [0.4, 0.5) is 32.0 Å². The highest BCUT2D eigenvalue weighted by atomic mass is 19.3. The van der Waals surface area contributed by atoms with Crippen molar-refractivity contribution in [3.05, 3.63) is 64.7 Å². The lowest BCUT2D eigenvalue weighted by Crippen LogP contribution is -2.37. The Kier molecular flexibility index (Phi) is 6.84. The largest absolute Gasteiger partial charge is 0.377 e. The topological polar surface area (TPSA) is 65.7 Å². The number of carbonyl (C=O) groups excluding carboxylic acids is 1. The van der Waals surface area contributed by atoms with Crippen molar-refractivity contribution in [1.29, 1.82) is 5.26 Å². The molecule has 5 nitrogen and oxygen atoms in total. The number of hydrogen-bond donors (Lipinski definition) is 0. The van der Waals surface area contributed by atoms with Crippen LogP contribution in [0.15, 0.2) is 35.4 Å². The highest BCUT2D eigenvalue weighted by Crippen LogP contribution is 2.38. The van der Waals surface area contributed by atoms with E-state index in [0.717, 1.165) is 12.1 Å². The Bertz CT molecular complexity index is 1070. The van der Waals surface area contributed by atoms with E-state index in [1.165, 1.54) is 0 Å². The third kappa shape index (κ3) is 4.18. The molecule has 2 atom stereocenters. The molecule has 0 radical (unpaired) electrons. The van der Waals surface area contributed by atoms with Crippen LogP contribution in [0.1, 0.15) is 36.5 Å². The molecule has 0 N–H and O–H groups in total. The molecule has 0 fully saturated rings. The van der Waals surface area contributed by atoms with E-state index in [1.807, 2.05) is 0 Å². The van der Waals surface area contributed by atoms with Crippen LogP contribution in [0.25, 0.3) is 0 Å². The van der Waals surface area contributed by atoms with Crippen LogP contribution in [-0.4, -0.2) is 18.7 Å². The van der Waals surface area contributed by atoms with Gasteiger partial charge in [-0.1, -0.05) is 18.2 Å². The van der Waals surface area contributed by atoms with Crippen LogP contribution in [0.3, 0.4) is 0 Å². The summed E-state index contributed by atoms with van der Waals surface area (Å²) < 4.78 is 87.5. The molecular formula is C21H15F6N3O2. The zero-order valence-corrected chi connectivity index (χ0v) is 16.5. The molecule has 2 unspecified atom stereocenters. The molecule has 1 aliphatic rings. The van der Waals surface area contributed by atoms with E-state index in [0.29, 0.717) is 5.69 Å². The normalized spacial score (nSPS) is 17.3. The zero-order valence-electron chi connectivity index (χ0n) is 16.5. The summed E-state index contributed by atoms with van der Waals surface area (Å²) in [5, 5.41) is 14.4. The molecule has 0 saturated heterocycles. The summed E-state index contributed by atoms with van der Waals surface area (Å²) in [5.74, 6) is -10.1. The summed E-state index contributed by atoms with van der Waals surface area (Å²) in [6.45, 7) is 0. The van der Waals surface area contributed by atoms with Gasteiger partial charge in [0, 0.05) is 19.4 Å². The molecule has 2 aromatic rings. The number of carbonyl (C=O) groups is 1. The molecule has 0 bridgehead atoms. The summed E-state index contributed by atoms with van der Waals surface area (Å²) in [5.41, 5.74) is -3.07. The maximum Gasteiger partial charge on any atom is 0.269 e. The highest BCUT2D eigenvalue weighted by molar-refractivity contribution is 6.09. The second-order valence-corrected chi connectivity index (χ2v) is 6.88. The van der Waals surface area contributed by atoms with Gasteiger partial charge in [0.1, 0.15) is 11.8 Å². The number of nitriles is 1. The molecule has 0 spiro atoms. The first-order valence-corrected chi connectivity index (χ1v) is 9.24. The Morgan fingerprint density at radius 1 is 1.09 bits per heavy atom. The molecule has 32 heavy (non-hydrogen) atoms. The number of hydrogen-bond acceptors (Lipinski definition) is 4. The van der Waals surface area contributed by atoms with Gasteiger partial charge >= 0.3 is 0 Å². The molecule has 168 valence electrons. The molecule has 0 saturated carbocycles. The first kappa shape index (κ1) is 23.3. The van der Waals surface area contributed by atoms with Crippen LogP contribution in [0, 0.1) is 40.5 Å². The van der Waals surface area contributed by atoms with Crippen molar-refractivity contribution in [1.82, 2.24) is 0 Å². The van der Waals surface area contributed by atoms with Crippen molar-refractivity contribution in [3.8, 4) is 6.07 Å². The van der Waals surface area contributed by atoms with Crippen LogP contribution >= 0.6 is 0 Å². The molecule has 1 aliphatic heterocycles. The Morgan fingerprint density at radius 2 is 1.66 bits per heavy atom. The lowest BCUT2D eigenvalue weighted by Gasteiger charge is -2.29. The monoisotopic (exact) mass is 455 g/mol. The Hall–Kier alpha value is -3.39. The van der Waals surface area contributed by atoms with Crippen molar-refractivity contribution in [3.63, 3.8) is 0 Å². The highest BCUT2D eigenvalue weighted by Gasteiger charge is 2.37. The van der Waals surface area contributed by atoms with E-state index in [4.69, 9.17) is 4.74 Å². The van der Waals surface area contributed by atoms with E-state index in [9.17, 15) is 36.4 Å². The van der Waals surface area contributed by atoms with Crippen molar-refractivity contribution >= 4 is 17.3 Å². The minimum atomic E-state index is -3.79. The SMILES string of the molecule is COC(CC1CC(=O)N(c2ccccc2)N=C1C#N)c1c(F)c(F)c(C(F)F)c(F)c1F. The molecule has 3 rings (SSSR count). The van der Waals surface area contributed by atoms with Gasteiger partial charge < -0.3 is 4.74 Å². The van der Waals surface area contributed by atoms with E-state index in [-0.39, 0.29) is 12.1 Å². The van der Waals surface area contributed by atoms with E-state index >= 15 is 0 Å². The minimum Gasteiger partial charge on any atom is -0.377 e. The third-order valence-electron chi connectivity index (χ3n) is 5.02. The molecule has 2 aromatic carbocycles. The fourth-order valence-corrected chi connectivity index (χ4v) is 3.45. The Morgan fingerprint density at radius 3 is 2.16 bits per heavy atom. The number of para-hydroxylation sites is 1. The van der Waals surface area contributed by atoms with E-state index in [2.05, 4.69) is 5.10 Å². The van der Waals surface area contributed by atoms with Crippen LogP contribution < -0.4 is 5.01 Å². The fraction of sp³-hybridized carbons (Fsp3) is 0.286. The first-order chi connectivity index (χ1) is 15.2. The number of hydrazone groups is 1. The van der Waals surface area contributed by atoms with Crippen molar-refractivity contribution < 1.29 is 35.9 Å². The number of rotatable bonds is 6. The third-order valence-corrected chi connectivity index (χ3v) is 5.02. The number of amides is 1. The van der Waals surface area contributed by atoms with Crippen molar-refractivity contribution in [2.75, 3.05) is 12.1 Å². The fourth-order valence-electron chi connectivity index (χ4n) is 3.45. The molecule has 1 heterocycles. The van der Waals surface area contributed by atoms with Gasteiger partial charge in [0.05, 0.1) is 22.9 Å². The summed E-state index contributed by atoms with van der Waals surface area (Å²) in [7, 11) is 0.977. The van der Waals surface area contributed by atoms with Crippen LogP contribution in [-0.2, 0) is 9.53 Å². The number of benzene rings is 2. The quantitative estimate of drug-likeness (QED) is 0.445. The summed E-state index contributed by atoms with van der Waals surface area (Å²) in [6.07, 6.45) is -6.25. The Balaban J connectivity index is 1.98. The molecule has 11 heteroatoms. The molecule has 0 aliphatic carbocycles. The lowest BCUT2D eigenvalue weighted by atomic mass is 9.88. The number of nitrogens with zero attached hydrogens (tertiary/aromatic N) is 3. The van der Waals surface area contributed by atoms with Gasteiger partial charge in [-0.15, -0.1) is 0 Å². The predicted molar refractivity (Wildman–Crippen MR) is 101 cm³/mol. The van der Waals surface area contributed by atoms with Gasteiger partial charge in [-0.2, -0.15) is 15.4 Å². The number of ether oxygens (including phenoxy) is 1. The van der Waals surface area contributed by atoms with Crippen LogP contribution in [0.5, 0.6) is 0 Å². The second kappa shape index (κ2) is 9.40. The van der Waals surface area contributed by atoms with Gasteiger partial charge in [-0.05, 0) is 18.6 Å². The standard InChI is InChI=1S/C21H15F6N3O2/c1-32-13(15-17(22)19(24)16(21(26)27)20(25)18(15)23)7-10-8-14(31)30(29-12(10)9-28)11-5-3-2-4-6-11/h2-6,10,13,21H,7-8H2,1H3. The molecule has 0 aromatic heterocycles. The predicted octanol–water partition coefficient (Wildman–Crippen LogP) is 5.19. The maximum absolute atomic E-state index is 14.4. The molecule has 1 amide bonds. The second-order valence-electron chi connectivity index (χ2n) is 6.88. The van der Waals surface area contributed by atoms with Crippen molar-refractivity contribution in [2.45, 2.75) is 25.4 Å². The lowest BCUT2D eigenvalue weighted by molar-refractivity contribution is -0.119. The minimum absolute atomic E-state index is 0.179. The maximum atomic E-state index is 14.4. The van der Waals surface area contributed by atoms with Gasteiger partial charge in [-0.25, -0.2) is 26.3 Å². The van der Waals surface area contributed by atoms with Gasteiger partial charge in [-0.3, -0.25) is 4.79 Å². The number of anilines is 1. The van der Waals surface area contributed by atoms with Gasteiger partial charge in [0.15, 0.2) is 23.3 Å². The summed E-state index contributed by atoms with van der Waals surface area (Å²) in [4.78, 5) is 12.6. The van der Waals surface area contributed by atoms with Gasteiger partial charge in [0.2, 0.25) is 5.91 Å². The number of alkyl halides is 2. The average molecular weight is 455 g/mol. The first-order valence-electron chi connectivity index (χ1n) is 9.24. The summed E-state index contributed by atoms with van der Waals surface area (Å²) >= 11 is 0. The Labute approximate surface area is 178 Å². The number of halogens is 6. The van der Waals surface area contributed by atoms with E-state index < -0.39 is 65.2 Å². The van der Waals surface area contributed by atoms with Crippen molar-refractivity contribution in [2.24, 2.45) is 11.0 Å². The van der Waals surface area contributed by atoms with Crippen LogP contribution in [0.2, 0.25) is 0 Å². The smallest absolute Gasteiger partial charge is 0.269 e. The van der Waals surface area contributed by atoms with E-state index in [1.54, 1.807) is 36.4 Å². The molecular weight excluding hydrogens is 440 g/mol. The summed E-state index contributed by atoms with van der Waals surface area (Å²) in [6, 6.07) is 9.96. The van der Waals surface area contributed by atoms with Gasteiger partial charge in [0.25, 0.3) is 6.43 Å². The number of methoxy groups -OCH3 is 1.